The molecule has 0 bridgehead atoms. The van der Waals surface area contributed by atoms with Crippen LogP contribution in [0.4, 0.5) is 5.13 Å². The van der Waals surface area contributed by atoms with Gasteiger partial charge in [-0.05, 0) is 37.1 Å². The van der Waals surface area contributed by atoms with E-state index in [0.717, 1.165) is 58.2 Å². The minimum atomic E-state index is -0.301. The molecular weight excluding hydrogens is 386 g/mol. The zero-order valence-electron chi connectivity index (χ0n) is 15.7. The average Bonchev–Trinajstić information content (AvgIpc) is 3.39. The number of ether oxygens (including phenoxy) is 1. The Kier molecular flexibility index (Phi) is 4.87. The summed E-state index contributed by atoms with van der Waals surface area (Å²) in [5, 5.41) is 21.3. The third-order valence-corrected chi connectivity index (χ3v) is 6.09. The molecule has 3 N–H and O–H groups in total. The first-order chi connectivity index (χ1) is 14.2. The SMILES string of the molecule is O[C@@H]1CCCC[C@H]1Nc1nc2ccc(Oc3ccnc(-c4ccn[nH]4)c3)cc2s1. The van der Waals surface area contributed by atoms with E-state index in [9.17, 15) is 5.11 Å². The van der Waals surface area contributed by atoms with Crippen molar-refractivity contribution >= 4 is 26.7 Å². The average molecular weight is 407 g/mol. The van der Waals surface area contributed by atoms with Gasteiger partial charge in [0.15, 0.2) is 5.13 Å². The van der Waals surface area contributed by atoms with Gasteiger partial charge in [0.25, 0.3) is 0 Å². The third-order valence-electron chi connectivity index (χ3n) is 5.14. The molecule has 1 fully saturated rings. The van der Waals surface area contributed by atoms with Crippen molar-refractivity contribution in [2.45, 2.75) is 37.8 Å². The molecule has 4 aromatic rings. The Balaban J connectivity index is 1.34. The molecule has 0 saturated heterocycles. The van der Waals surface area contributed by atoms with E-state index in [1.54, 1.807) is 23.7 Å². The lowest BCUT2D eigenvalue weighted by Gasteiger charge is -2.27. The van der Waals surface area contributed by atoms with Gasteiger partial charge in [0.05, 0.1) is 33.8 Å². The number of H-pyrrole nitrogens is 1. The first-order valence-corrected chi connectivity index (χ1v) is 10.5. The number of thiazole rings is 1. The Labute approximate surface area is 171 Å². The largest absolute Gasteiger partial charge is 0.457 e. The van der Waals surface area contributed by atoms with E-state index >= 15 is 0 Å². The van der Waals surface area contributed by atoms with Crippen LogP contribution in [0.1, 0.15) is 25.7 Å². The number of hydrogen-bond donors (Lipinski definition) is 3. The second-order valence-electron chi connectivity index (χ2n) is 7.20. The maximum atomic E-state index is 10.2. The molecule has 8 heteroatoms. The molecule has 1 aromatic carbocycles. The van der Waals surface area contributed by atoms with Crippen molar-refractivity contribution in [2.24, 2.45) is 0 Å². The van der Waals surface area contributed by atoms with Crippen LogP contribution in [0.2, 0.25) is 0 Å². The molecule has 1 saturated carbocycles. The molecule has 1 aliphatic rings. The van der Waals surface area contributed by atoms with Gasteiger partial charge in [0, 0.05) is 24.5 Å². The lowest BCUT2D eigenvalue weighted by Crippen LogP contribution is -2.36. The Bertz CT molecular complexity index is 1110. The van der Waals surface area contributed by atoms with Crippen LogP contribution in [-0.4, -0.2) is 37.4 Å². The van der Waals surface area contributed by atoms with E-state index in [4.69, 9.17) is 4.74 Å². The normalized spacial score (nSPS) is 19.3. The van der Waals surface area contributed by atoms with Crippen molar-refractivity contribution in [2.75, 3.05) is 5.32 Å². The van der Waals surface area contributed by atoms with Crippen LogP contribution in [-0.2, 0) is 0 Å². The van der Waals surface area contributed by atoms with Gasteiger partial charge in [-0.3, -0.25) is 10.1 Å². The number of rotatable bonds is 5. The van der Waals surface area contributed by atoms with Gasteiger partial charge in [-0.25, -0.2) is 4.98 Å². The van der Waals surface area contributed by atoms with Gasteiger partial charge < -0.3 is 15.2 Å². The molecule has 5 rings (SSSR count). The Morgan fingerprint density at radius 1 is 1.07 bits per heavy atom. The van der Waals surface area contributed by atoms with E-state index < -0.39 is 0 Å². The summed E-state index contributed by atoms with van der Waals surface area (Å²) in [5.74, 6) is 1.45. The fraction of sp³-hybridized carbons (Fsp3) is 0.286. The number of aliphatic hydroxyl groups excluding tert-OH is 1. The summed E-state index contributed by atoms with van der Waals surface area (Å²) in [6.45, 7) is 0. The number of benzene rings is 1. The quantitative estimate of drug-likeness (QED) is 0.448. The molecule has 2 atom stereocenters. The van der Waals surface area contributed by atoms with E-state index in [2.05, 4.69) is 25.5 Å². The maximum Gasteiger partial charge on any atom is 0.184 e. The summed E-state index contributed by atoms with van der Waals surface area (Å²) >= 11 is 1.58. The molecule has 1 aliphatic carbocycles. The van der Waals surface area contributed by atoms with Gasteiger partial charge >= 0.3 is 0 Å². The smallest absolute Gasteiger partial charge is 0.184 e. The van der Waals surface area contributed by atoms with E-state index in [1.165, 1.54) is 0 Å². The fourth-order valence-corrected chi connectivity index (χ4v) is 4.58. The topological polar surface area (TPSA) is 95.9 Å². The minimum Gasteiger partial charge on any atom is -0.457 e. The number of hydrogen-bond acceptors (Lipinski definition) is 7. The van der Waals surface area contributed by atoms with Crippen molar-refractivity contribution in [3.63, 3.8) is 0 Å². The highest BCUT2D eigenvalue weighted by Crippen LogP contribution is 2.33. The van der Waals surface area contributed by atoms with Crippen molar-refractivity contribution < 1.29 is 9.84 Å². The van der Waals surface area contributed by atoms with Crippen LogP contribution in [0.15, 0.2) is 48.8 Å². The highest BCUT2D eigenvalue weighted by atomic mass is 32.1. The van der Waals surface area contributed by atoms with Crippen molar-refractivity contribution in [3.8, 4) is 22.9 Å². The number of aromatic amines is 1. The van der Waals surface area contributed by atoms with Gasteiger partial charge in [-0.15, -0.1) is 0 Å². The standard InChI is InChI=1S/C21H21N5O2S/c27-19-4-2-1-3-16(19)24-21-25-17-6-5-13(12-20(17)29-21)28-14-7-9-22-18(11-14)15-8-10-23-26-15/h5-12,16,19,27H,1-4H2,(H,23,26)(H,24,25)/t16-,19-/m1/s1. The maximum absolute atomic E-state index is 10.2. The number of anilines is 1. The second-order valence-corrected chi connectivity index (χ2v) is 8.23. The van der Waals surface area contributed by atoms with Crippen LogP contribution >= 0.6 is 11.3 Å². The Morgan fingerprint density at radius 2 is 1.97 bits per heavy atom. The summed E-state index contributed by atoms with van der Waals surface area (Å²) < 4.78 is 7.09. The van der Waals surface area contributed by atoms with Gasteiger partial charge in [0.2, 0.25) is 0 Å². The van der Waals surface area contributed by atoms with Gasteiger partial charge in [-0.1, -0.05) is 24.2 Å². The summed E-state index contributed by atoms with van der Waals surface area (Å²) in [6.07, 6.45) is 7.18. The monoisotopic (exact) mass is 407 g/mol. The number of fused-ring (bicyclic) bond motifs is 1. The molecule has 0 amide bonds. The minimum absolute atomic E-state index is 0.0813. The summed E-state index contributed by atoms with van der Waals surface area (Å²) in [4.78, 5) is 9.01. The predicted molar refractivity (Wildman–Crippen MR) is 113 cm³/mol. The van der Waals surface area contributed by atoms with Crippen LogP contribution < -0.4 is 10.1 Å². The molecule has 148 valence electrons. The number of pyridine rings is 1. The molecule has 0 unspecified atom stereocenters. The number of nitrogens with zero attached hydrogens (tertiary/aromatic N) is 3. The van der Waals surface area contributed by atoms with Crippen molar-refractivity contribution in [1.82, 2.24) is 20.2 Å². The number of aromatic nitrogens is 4. The zero-order chi connectivity index (χ0) is 19.6. The molecule has 0 spiro atoms. The lowest BCUT2D eigenvalue weighted by molar-refractivity contribution is 0.116. The summed E-state index contributed by atoms with van der Waals surface area (Å²) in [7, 11) is 0. The van der Waals surface area contributed by atoms with Crippen LogP contribution in [0.25, 0.3) is 21.6 Å². The second kappa shape index (κ2) is 7.81. The number of nitrogens with one attached hydrogen (secondary N) is 2. The van der Waals surface area contributed by atoms with Crippen molar-refractivity contribution in [3.05, 3.63) is 48.8 Å². The molecule has 0 aliphatic heterocycles. The third kappa shape index (κ3) is 3.94. The summed E-state index contributed by atoms with van der Waals surface area (Å²) in [6, 6.07) is 11.5. The van der Waals surface area contributed by atoms with E-state index in [1.807, 2.05) is 36.4 Å². The van der Waals surface area contributed by atoms with Crippen LogP contribution in [0.3, 0.4) is 0 Å². The molecule has 0 radical (unpaired) electrons. The predicted octanol–water partition coefficient (Wildman–Crippen LogP) is 4.59. The van der Waals surface area contributed by atoms with Crippen LogP contribution in [0, 0.1) is 0 Å². The first-order valence-electron chi connectivity index (χ1n) is 9.73. The van der Waals surface area contributed by atoms with Gasteiger partial charge in [0.1, 0.15) is 11.5 Å². The van der Waals surface area contributed by atoms with E-state index in [-0.39, 0.29) is 12.1 Å². The Hall–Kier alpha value is -2.97. The van der Waals surface area contributed by atoms with Crippen molar-refractivity contribution in [1.29, 1.82) is 0 Å². The van der Waals surface area contributed by atoms with E-state index in [0.29, 0.717) is 5.75 Å². The molecular formula is C21H21N5O2S. The van der Waals surface area contributed by atoms with Gasteiger partial charge in [-0.2, -0.15) is 5.10 Å². The highest BCUT2D eigenvalue weighted by Gasteiger charge is 2.23. The highest BCUT2D eigenvalue weighted by molar-refractivity contribution is 7.22. The zero-order valence-corrected chi connectivity index (χ0v) is 16.5. The number of aliphatic hydroxyl groups is 1. The Morgan fingerprint density at radius 3 is 2.83 bits per heavy atom. The van der Waals surface area contributed by atoms with Crippen LogP contribution in [0.5, 0.6) is 11.5 Å². The molecule has 3 aromatic heterocycles. The summed E-state index contributed by atoms with van der Waals surface area (Å²) in [5.41, 5.74) is 2.54. The first kappa shape index (κ1) is 18.1. The fourth-order valence-electron chi connectivity index (χ4n) is 3.62. The lowest BCUT2D eigenvalue weighted by atomic mass is 9.93. The molecule has 3 heterocycles. The molecule has 7 nitrogen and oxygen atoms in total. The molecule has 29 heavy (non-hydrogen) atoms.